The first kappa shape index (κ1) is 17.1. The quantitative estimate of drug-likeness (QED) is 0.855. The van der Waals surface area contributed by atoms with Gasteiger partial charge in [-0.1, -0.05) is 0 Å². The van der Waals surface area contributed by atoms with Gasteiger partial charge in [0.15, 0.2) is 0 Å². The molecule has 0 aromatic rings. The van der Waals surface area contributed by atoms with Crippen LogP contribution in [0.5, 0.6) is 0 Å². The van der Waals surface area contributed by atoms with E-state index in [9.17, 15) is 9.59 Å². The third kappa shape index (κ3) is 4.87. The highest BCUT2D eigenvalue weighted by Crippen LogP contribution is 2.30. The lowest BCUT2D eigenvalue weighted by molar-refractivity contribution is -0.131. The molecule has 6 nitrogen and oxygen atoms in total. The van der Waals surface area contributed by atoms with Crippen molar-refractivity contribution in [2.45, 2.75) is 58.1 Å². The molecule has 0 aromatic carbocycles. The van der Waals surface area contributed by atoms with Crippen LogP contribution >= 0.6 is 0 Å². The molecule has 0 aromatic heterocycles. The third-order valence-corrected chi connectivity index (χ3v) is 4.12. The molecule has 0 bridgehead atoms. The second-order valence-electron chi connectivity index (χ2n) is 7.42. The lowest BCUT2D eigenvalue weighted by Crippen LogP contribution is -2.48. The number of likely N-dealkylation sites (tertiary alicyclic amines) is 1. The van der Waals surface area contributed by atoms with E-state index >= 15 is 0 Å². The highest BCUT2D eigenvalue weighted by Gasteiger charge is 2.37. The van der Waals surface area contributed by atoms with Gasteiger partial charge in [0.1, 0.15) is 5.60 Å². The Morgan fingerprint density at radius 1 is 1.27 bits per heavy atom. The van der Waals surface area contributed by atoms with Gasteiger partial charge in [0, 0.05) is 25.7 Å². The Labute approximate surface area is 132 Å². The summed E-state index contributed by atoms with van der Waals surface area (Å²) in [4.78, 5) is 27.8. The molecule has 1 aliphatic carbocycles. The van der Waals surface area contributed by atoms with Crippen molar-refractivity contribution in [2.75, 3.05) is 26.2 Å². The Morgan fingerprint density at radius 2 is 1.95 bits per heavy atom. The van der Waals surface area contributed by atoms with Crippen LogP contribution in [0.25, 0.3) is 0 Å². The average molecular weight is 311 g/mol. The molecule has 2 amide bonds. The fourth-order valence-electron chi connectivity index (χ4n) is 2.93. The number of ether oxygens (including phenoxy) is 1. The molecule has 22 heavy (non-hydrogen) atoms. The van der Waals surface area contributed by atoms with Crippen molar-refractivity contribution in [1.29, 1.82) is 0 Å². The van der Waals surface area contributed by atoms with Gasteiger partial charge in [-0.05, 0) is 52.4 Å². The van der Waals surface area contributed by atoms with E-state index in [2.05, 4.69) is 0 Å². The SMILES string of the molecule is CC(C)(C)OC(=O)N(CC1CCCN(C(=O)CN)C1)C1CC1. The van der Waals surface area contributed by atoms with Gasteiger partial charge in [0.2, 0.25) is 5.91 Å². The van der Waals surface area contributed by atoms with Crippen LogP contribution < -0.4 is 5.73 Å². The largest absolute Gasteiger partial charge is 0.444 e. The van der Waals surface area contributed by atoms with Crippen molar-refractivity contribution in [3.63, 3.8) is 0 Å². The maximum atomic E-state index is 12.4. The molecule has 1 saturated heterocycles. The van der Waals surface area contributed by atoms with Gasteiger partial charge in [-0.25, -0.2) is 4.79 Å². The molecular weight excluding hydrogens is 282 g/mol. The van der Waals surface area contributed by atoms with Crippen molar-refractivity contribution in [1.82, 2.24) is 9.80 Å². The van der Waals surface area contributed by atoms with E-state index < -0.39 is 5.60 Å². The summed E-state index contributed by atoms with van der Waals surface area (Å²) >= 11 is 0. The molecule has 0 radical (unpaired) electrons. The van der Waals surface area contributed by atoms with E-state index in [-0.39, 0.29) is 18.5 Å². The van der Waals surface area contributed by atoms with E-state index in [1.54, 1.807) is 0 Å². The standard InChI is InChI=1S/C16H29N3O3/c1-16(2,3)22-15(21)19(13-6-7-13)11-12-5-4-8-18(10-12)14(20)9-17/h12-13H,4-11,17H2,1-3H3. The molecule has 2 fully saturated rings. The highest BCUT2D eigenvalue weighted by atomic mass is 16.6. The predicted octanol–water partition coefficient (Wildman–Crippen LogP) is 1.58. The van der Waals surface area contributed by atoms with Gasteiger partial charge in [0.05, 0.1) is 6.54 Å². The number of carbonyl (C=O) groups excluding carboxylic acids is 2. The molecule has 1 heterocycles. The summed E-state index contributed by atoms with van der Waals surface area (Å²) in [7, 11) is 0. The van der Waals surface area contributed by atoms with E-state index in [0.29, 0.717) is 25.0 Å². The van der Waals surface area contributed by atoms with Gasteiger partial charge in [0.25, 0.3) is 0 Å². The molecule has 1 aliphatic heterocycles. The molecule has 2 aliphatic rings. The number of hydrogen-bond donors (Lipinski definition) is 1. The van der Waals surface area contributed by atoms with E-state index in [1.807, 2.05) is 30.6 Å². The van der Waals surface area contributed by atoms with E-state index in [0.717, 1.165) is 32.2 Å². The number of nitrogens with zero attached hydrogens (tertiary/aromatic N) is 2. The number of amides is 2. The van der Waals surface area contributed by atoms with Crippen molar-refractivity contribution < 1.29 is 14.3 Å². The summed E-state index contributed by atoms with van der Waals surface area (Å²) in [6.45, 7) is 7.87. The van der Waals surface area contributed by atoms with Gasteiger partial charge >= 0.3 is 6.09 Å². The first-order valence-electron chi connectivity index (χ1n) is 8.27. The minimum Gasteiger partial charge on any atom is -0.444 e. The maximum absolute atomic E-state index is 12.4. The molecule has 126 valence electrons. The van der Waals surface area contributed by atoms with Gasteiger partial charge < -0.3 is 20.3 Å². The minimum absolute atomic E-state index is 0.0000556. The third-order valence-electron chi connectivity index (χ3n) is 4.12. The zero-order chi connectivity index (χ0) is 16.3. The fraction of sp³-hybridized carbons (Fsp3) is 0.875. The summed E-state index contributed by atoms with van der Waals surface area (Å²) in [6.07, 6.45) is 3.90. The first-order chi connectivity index (χ1) is 10.3. The van der Waals surface area contributed by atoms with Crippen LogP contribution in [0.2, 0.25) is 0 Å². The normalized spacial score (nSPS) is 22.4. The number of hydrogen-bond acceptors (Lipinski definition) is 4. The Hall–Kier alpha value is -1.30. The number of nitrogens with two attached hydrogens (primary N) is 1. The van der Waals surface area contributed by atoms with Crippen LogP contribution in [0, 0.1) is 5.92 Å². The van der Waals surface area contributed by atoms with Gasteiger partial charge in [-0.15, -0.1) is 0 Å². The molecule has 2 rings (SSSR count). The second-order valence-corrected chi connectivity index (χ2v) is 7.42. The maximum Gasteiger partial charge on any atom is 0.410 e. The fourth-order valence-corrected chi connectivity index (χ4v) is 2.93. The number of rotatable bonds is 4. The van der Waals surface area contributed by atoms with Gasteiger partial charge in [-0.3, -0.25) is 4.79 Å². The monoisotopic (exact) mass is 311 g/mol. The van der Waals surface area contributed by atoms with Crippen LogP contribution in [-0.4, -0.2) is 59.6 Å². The Kier molecular flexibility index (Phi) is 5.32. The zero-order valence-electron chi connectivity index (χ0n) is 14.0. The van der Waals surface area contributed by atoms with E-state index in [4.69, 9.17) is 10.5 Å². The summed E-state index contributed by atoms with van der Waals surface area (Å²) in [5, 5.41) is 0. The summed E-state index contributed by atoms with van der Waals surface area (Å²) < 4.78 is 5.52. The van der Waals surface area contributed by atoms with Crippen LogP contribution in [0.1, 0.15) is 46.5 Å². The molecule has 0 spiro atoms. The van der Waals surface area contributed by atoms with Crippen molar-refractivity contribution >= 4 is 12.0 Å². The summed E-state index contributed by atoms with van der Waals surface area (Å²) in [5.41, 5.74) is 4.98. The molecule has 2 N–H and O–H groups in total. The lowest BCUT2D eigenvalue weighted by atomic mass is 9.97. The van der Waals surface area contributed by atoms with Crippen LogP contribution in [0.3, 0.4) is 0 Å². The Bertz CT molecular complexity index is 415. The Morgan fingerprint density at radius 3 is 2.50 bits per heavy atom. The van der Waals surface area contributed by atoms with Gasteiger partial charge in [-0.2, -0.15) is 0 Å². The molecule has 6 heteroatoms. The Balaban J connectivity index is 1.93. The molecule has 1 atom stereocenters. The van der Waals surface area contributed by atoms with Crippen molar-refractivity contribution in [3.05, 3.63) is 0 Å². The van der Waals surface area contributed by atoms with Crippen molar-refractivity contribution in [2.24, 2.45) is 11.7 Å². The predicted molar refractivity (Wildman–Crippen MR) is 84.3 cm³/mol. The summed E-state index contributed by atoms with van der Waals surface area (Å²) in [5.74, 6) is 0.317. The summed E-state index contributed by atoms with van der Waals surface area (Å²) in [6, 6.07) is 0.315. The molecule has 1 unspecified atom stereocenters. The second kappa shape index (κ2) is 6.86. The van der Waals surface area contributed by atoms with Crippen LogP contribution in [-0.2, 0) is 9.53 Å². The average Bonchev–Trinajstić information content (AvgIpc) is 3.26. The highest BCUT2D eigenvalue weighted by molar-refractivity contribution is 5.78. The van der Waals surface area contributed by atoms with Crippen LogP contribution in [0.4, 0.5) is 4.79 Å². The van der Waals surface area contributed by atoms with Crippen molar-refractivity contribution in [3.8, 4) is 0 Å². The first-order valence-corrected chi connectivity index (χ1v) is 8.27. The molecular formula is C16H29N3O3. The molecule has 1 saturated carbocycles. The zero-order valence-corrected chi connectivity index (χ0v) is 14.0. The van der Waals surface area contributed by atoms with Crippen LogP contribution in [0.15, 0.2) is 0 Å². The topological polar surface area (TPSA) is 75.9 Å². The minimum atomic E-state index is -0.474. The smallest absolute Gasteiger partial charge is 0.410 e. The van der Waals surface area contributed by atoms with E-state index in [1.165, 1.54) is 0 Å². The lowest BCUT2D eigenvalue weighted by Gasteiger charge is -2.36. The number of piperidine rings is 1. The number of carbonyl (C=O) groups is 2.